The largest absolute Gasteiger partial charge is 0.350 e. The van der Waals surface area contributed by atoms with Crippen molar-refractivity contribution in [2.45, 2.75) is 5.92 Å². The van der Waals surface area contributed by atoms with E-state index in [0.717, 1.165) is 16.5 Å². The van der Waals surface area contributed by atoms with E-state index in [-0.39, 0.29) is 0 Å². The number of hydrogen-bond donors (Lipinski definition) is 0. The Kier molecular flexibility index (Phi) is 2.26. The second kappa shape index (κ2) is 3.58. The van der Waals surface area contributed by atoms with E-state index in [1.807, 2.05) is 48.1 Å². The minimum Gasteiger partial charge on any atom is -0.350 e. The van der Waals surface area contributed by atoms with Crippen molar-refractivity contribution in [2.75, 3.05) is 0 Å². The first-order chi connectivity index (χ1) is 7.27. The first kappa shape index (κ1) is 9.47. The third-order valence-corrected chi connectivity index (χ3v) is 2.54. The number of rotatable bonds is 2. The quantitative estimate of drug-likeness (QED) is 0.692. The summed E-state index contributed by atoms with van der Waals surface area (Å²) in [5.41, 5.74) is 1.82. The molecule has 0 saturated heterocycles. The Morgan fingerprint density at radius 2 is 2.20 bits per heavy atom. The Morgan fingerprint density at radius 3 is 2.87 bits per heavy atom. The number of carbonyl (C=O) groups excluding carboxylic acids is 1. The van der Waals surface area contributed by atoms with Crippen molar-refractivity contribution in [2.24, 2.45) is 7.05 Å². The summed E-state index contributed by atoms with van der Waals surface area (Å²) in [6.07, 6.45) is 2.52. The number of benzene rings is 1. The molecule has 0 aliphatic rings. The van der Waals surface area contributed by atoms with E-state index in [1.165, 1.54) is 0 Å². The number of para-hydroxylation sites is 1. The molecule has 1 unspecified atom stereocenters. The molecule has 0 spiro atoms. The molecule has 2 aromatic rings. The lowest BCUT2D eigenvalue weighted by Gasteiger charge is -1.97. The number of nitriles is 1. The summed E-state index contributed by atoms with van der Waals surface area (Å²) in [6, 6.07) is 9.74. The van der Waals surface area contributed by atoms with Crippen LogP contribution in [0.5, 0.6) is 0 Å². The van der Waals surface area contributed by atoms with E-state index in [1.54, 1.807) is 0 Å². The molecule has 1 heterocycles. The molecule has 1 aromatic heterocycles. The van der Waals surface area contributed by atoms with Crippen molar-refractivity contribution >= 4 is 17.2 Å². The van der Waals surface area contributed by atoms with Gasteiger partial charge in [0, 0.05) is 29.7 Å². The van der Waals surface area contributed by atoms with Gasteiger partial charge < -0.3 is 9.36 Å². The van der Waals surface area contributed by atoms with Crippen molar-refractivity contribution in [3.8, 4) is 6.07 Å². The molecule has 0 aliphatic carbocycles. The molecule has 0 bridgehead atoms. The fourth-order valence-electron chi connectivity index (χ4n) is 1.79. The van der Waals surface area contributed by atoms with Crippen LogP contribution in [0.1, 0.15) is 11.5 Å². The zero-order valence-electron chi connectivity index (χ0n) is 8.34. The maximum Gasteiger partial charge on any atom is 0.141 e. The number of hydrogen-bond acceptors (Lipinski definition) is 2. The highest BCUT2D eigenvalue weighted by Crippen LogP contribution is 2.25. The highest BCUT2D eigenvalue weighted by molar-refractivity contribution is 5.88. The Balaban J connectivity index is 2.72. The lowest BCUT2D eigenvalue weighted by atomic mass is 10.0. The normalized spacial score (nSPS) is 12.3. The molecule has 0 radical (unpaired) electrons. The van der Waals surface area contributed by atoms with E-state index in [9.17, 15) is 4.79 Å². The molecule has 0 aliphatic heterocycles. The second-order valence-corrected chi connectivity index (χ2v) is 3.46. The lowest BCUT2D eigenvalue weighted by Crippen LogP contribution is -1.95. The number of aromatic nitrogens is 1. The minimum absolute atomic E-state index is 0.670. The molecule has 3 heteroatoms. The monoisotopic (exact) mass is 198 g/mol. The maximum atomic E-state index is 10.8. The predicted octanol–water partition coefficient (Wildman–Crippen LogP) is 1.98. The molecule has 0 saturated carbocycles. The highest BCUT2D eigenvalue weighted by atomic mass is 16.1. The zero-order valence-corrected chi connectivity index (χ0v) is 8.34. The number of aldehydes is 1. The van der Waals surface area contributed by atoms with Gasteiger partial charge in [-0.3, -0.25) is 0 Å². The van der Waals surface area contributed by atoms with E-state index in [0.29, 0.717) is 6.29 Å². The summed E-state index contributed by atoms with van der Waals surface area (Å²) in [5.74, 6) is -0.670. The first-order valence-electron chi connectivity index (χ1n) is 4.67. The van der Waals surface area contributed by atoms with Gasteiger partial charge in [-0.25, -0.2) is 0 Å². The number of fused-ring (bicyclic) bond motifs is 1. The van der Waals surface area contributed by atoms with Crippen molar-refractivity contribution < 1.29 is 4.79 Å². The molecule has 2 rings (SSSR count). The average molecular weight is 198 g/mol. The van der Waals surface area contributed by atoms with Crippen LogP contribution >= 0.6 is 0 Å². The fraction of sp³-hybridized carbons (Fsp3) is 0.167. The van der Waals surface area contributed by atoms with Gasteiger partial charge in [0.05, 0.1) is 6.07 Å². The Labute approximate surface area is 87.5 Å². The topological polar surface area (TPSA) is 45.8 Å². The standard InChI is InChI=1S/C12H10N2O/c1-14-7-11(9(6-13)8-15)10-4-2-3-5-12(10)14/h2-5,7-9H,1H3. The molecule has 3 nitrogen and oxygen atoms in total. The van der Waals surface area contributed by atoms with Crippen LogP contribution in [0.2, 0.25) is 0 Å². The van der Waals surface area contributed by atoms with Gasteiger partial charge in [0.15, 0.2) is 0 Å². The molecule has 74 valence electrons. The first-order valence-corrected chi connectivity index (χ1v) is 4.67. The van der Waals surface area contributed by atoms with Gasteiger partial charge in [-0.1, -0.05) is 18.2 Å². The average Bonchev–Trinajstić information content (AvgIpc) is 2.60. The molecule has 0 N–H and O–H groups in total. The Bertz CT molecular complexity index is 548. The molecule has 1 aromatic carbocycles. The van der Waals surface area contributed by atoms with Crippen molar-refractivity contribution in [3.63, 3.8) is 0 Å². The van der Waals surface area contributed by atoms with Crippen LogP contribution in [-0.2, 0) is 11.8 Å². The van der Waals surface area contributed by atoms with Gasteiger partial charge in [-0.15, -0.1) is 0 Å². The Morgan fingerprint density at radius 1 is 1.47 bits per heavy atom. The lowest BCUT2D eigenvalue weighted by molar-refractivity contribution is -0.108. The minimum atomic E-state index is -0.670. The van der Waals surface area contributed by atoms with Crippen molar-refractivity contribution in [3.05, 3.63) is 36.0 Å². The van der Waals surface area contributed by atoms with E-state index >= 15 is 0 Å². The second-order valence-electron chi connectivity index (χ2n) is 3.46. The number of aryl methyl sites for hydroxylation is 1. The van der Waals surface area contributed by atoms with Crippen LogP contribution in [0.15, 0.2) is 30.5 Å². The third kappa shape index (κ3) is 1.40. The summed E-state index contributed by atoms with van der Waals surface area (Å²) < 4.78 is 1.93. The number of nitrogens with zero attached hydrogens (tertiary/aromatic N) is 2. The number of carbonyl (C=O) groups is 1. The van der Waals surface area contributed by atoms with Crippen molar-refractivity contribution in [1.29, 1.82) is 5.26 Å². The third-order valence-electron chi connectivity index (χ3n) is 2.54. The van der Waals surface area contributed by atoms with Crippen LogP contribution in [-0.4, -0.2) is 10.9 Å². The molecule has 15 heavy (non-hydrogen) atoms. The summed E-state index contributed by atoms with van der Waals surface area (Å²) in [7, 11) is 1.91. The molecule has 0 fully saturated rings. The molecular formula is C12H10N2O. The summed E-state index contributed by atoms with van der Waals surface area (Å²) in [6.45, 7) is 0. The van der Waals surface area contributed by atoms with E-state index < -0.39 is 5.92 Å². The van der Waals surface area contributed by atoms with Gasteiger partial charge >= 0.3 is 0 Å². The SMILES string of the molecule is Cn1cc(C(C#N)C=O)c2ccccc21. The molecular weight excluding hydrogens is 188 g/mol. The summed E-state index contributed by atoms with van der Waals surface area (Å²) in [5, 5.41) is 9.83. The van der Waals surface area contributed by atoms with Gasteiger partial charge in [0.1, 0.15) is 12.2 Å². The van der Waals surface area contributed by atoms with E-state index in [4.69, 9.17) is 5.26 Å². The summed E-state index contributed by atoms with van der Waals surface area (Å²) >= 11 is 0. The maximum absolute atomic E-state index is 10.8. The van der Waals surface area contributed by atoms with Gasteiger partial charge in [0.25, 0.3) is 0 Å². The zero-order chi connectivity index (χ0) is 10.8. The smallest absolute Gasteiger partial charge is 0.141 e. The van der Waals surface area contributed by atoms with Gasteiger partial charge in [0.2, 0.25) is 0 Å². The van der Waals surface area contributed by atoms with Crippen LogP contribution < -0.4 is 0 Å². The Hall–Kier alpha value is -2.08. The van der Waals surface area contributed by atoms with Gasteiger partial charge in [-0.2, -0.15) is 5.26 Å². The molecule has 1 atom stereocenters. The predicted molar refractivity (Wildman–Crippen MR) is 57.3 cm³/mol. The highest BCUT2D eigenvalue weighted by Gasteiger charge is 2.15. The van der Waals surface area contributed by atoms with Crippen LogP contribution in [0.3, 0.4) is 0 Å². The van der Waals surface area contributed by atoms with Crippen LogP contribution in [0.25, 0.3) is 10.9 Å². The van der Waals surface area contributed by atoms with Gasteiger partial charge in [-0.05, 0) is 6.07 Å². The van der Waals surface area contributed by atoms with Crippen molar-refractivity contribution in [1.82, 2.24) is 4.57 Å². The fourth-order valence-corrected chi connectivity index (χ4v) is 1.79. The summed E-state index contributed by atoms with van der Waals surface area (Å²) in [4.78, 5) is 10.8. The van der Waals surface area contributed by atoms with Crippen LogP contribution in [0.4, 0.5) is 0 Å². The molecule has 0 amide bonds. The van der Waals surface area contributed by atoms with E-state index in [2.05, 4.69) is 0 Å². The van der Waals surface area contributed by atoms with Crippen LogP contribution in [0, 0.1) is 11.3 Å².